The van der Waals surface area contributed by atoms with Crippen molar-refractivity contribution in [1.29, 1.82) is 0 Å². The van der Waals surface area contributed by atoms with Gasteiger partial charge in [-0.1, -0.05) is 40.0 Å². The Morgan fingerprint density at radius 2 is 1.82 bits per heavy atom. The van der Waals surface area contributed by atoms with Crippen molar-refractivity contribution in [3.63, 3.8) is 0 Å². The highest BCUT2D eigenvalue weighted by molar-refractivity contribution is 5.87. The number of hydrogen-bond donors (Lipinski definition) is 0. The second kappa shape index (κ2) is 5.08. The van der Waals surface area contributed by atoms with E-state index in [1.807, 2.05) is 0 Å². The van der Waals surface area contributed by atoms with Gasteiger partial charge in [0.1, 0.15) is 5.78 Å². The Balaban J connectivity index is 1.69. The summed E-state index contributed by atoms with van der Waals surface area (Å²) in [5.41, 5.74) is 0.524. The van der Waals surface area contributed by atoms with E-state index in [9.17, 15) is 4.79 Å². The van der Waals surface area contributed by atoms with Crippen molar-refractivity contribution in [1.82, 2.24) is 0 Å². The first-order valence-electron chi connectivity index (χ1n) is 10.0. The largest absolute Gasteiger partial charge is 0.299 e. The van der Waals surface area contributed by atoms with Crippen LogP contribution in [-0.4, -0.2) is 5.78 Å². The SMILES string of the molecule is CC[C@H]1CC[C@H]2[C@@H]3CC[C@@H]4CCCC[C@]4(C)[C@H]3CC(=O)[C@]12C. The van der Waals surface area contributed by atoms with Gasteiger partial charge in [0, 0.05) is 11.8 Å². The average Bonchev–Trinajstić information content (AvgIpc) is 2.86. The number of hydrogen-bond acceptors (Lipinski definition) is 1. The van der Waals surface area contributed by atoms with E-state index >= 15 is 0 Å². The van der Waals surface area contributed by atoms with E-state index in [0.29, 0.717) is 29.0 Å². The average molecular weight is 303 g/mol. The fourth-order valence-corrected chi connectivity index (χ4v) is 7.77. The predicted molar refractivity (Wildman–Crippen MR) is 90.5 cm³/mol. The molecular formula is C21H34O. The summed E-state index contributed by atoms with van der Waals surface area (Å²) in [5.74, 6) is 4.52. The van der Waals surface area contributed by atoms with Crippen LogP contribution in [0.3, 0.4) is 0 Å². The van der Waals surface area contributed by atoms with Gasteiger partial charge in [-0.2, -0.15) is 0 Å². The molecule has 0 unspecified atom stereocenters. The Morgan fingerprint density at radius 3 is 2.59 bits per heavy atom. The van der Waals surface area contributed by atoms with Crippen LogP contribution in [-0.2, 0) is 4.79 Å². The molecule has 1 heteroatoms. The summed E-state index contributed by atoms with van der Waals surface area (Å²) in [5, 5.41) is 0. The molecule has 0 aliphatic heterocycles. The molecule has 0 radical (unpaired) electrons. The molecule has 22 heavy (non-hydrogen) atoms. The van der Waals surface area contributed by atoms with Gasteiger partial charge in [0.25, 0.3) is 0 Å². The Labute approximate surface area is 136 Å². The summed E-state index contributed by atoms with van der Waals surface area (Å²) in [7, 11) is 0. The van der Waals surface area contributed by atoms with Crippen LogP contribution >= 0.6 is 0 Å². The number of carbonyl (C=O) groups excluding carboxylic acids is 1. The van der Waals surface area contributed by atoms with E-state index in [1.165, 1.54) is 57.8 Å². The van der Waals surface area contributed by atoms with Crippen molar-refractivity contribution in [2.24, 2.45) is 40.4 Å². The van der Waals surface area contributed by atoms with Crippen molar-refractivity contribution in [3.8, 4) is 0 Å². The Morgan fingerprint density at radius 1 is 1.00 bits per heavy atom. The predicted octanol–water partition coefficient (Wildman–Crippen LogP) is 5.62. The molecule has 0 aromatic rings. The molecule has 0 N–H and O–H groups in total. The molecule has 0 heterocycles. The number of carbonyl (C=O) groups is 1. The van der Waals surface area contributed by atoms with Crippen LogP contribution in [0.25, 0.3) is 0 Å². The van der Waals surface area contributed by atoms with Gasteiger partial charge in [-0.05, 0) is 73.5 Å². The molecule has 4 aliphatic carbocycles. The van der Waals surface area contributed by atoms with Crippen molar-refractivity contribution in [2.45, 2.75) is 85.0 Å². The van der Waals surface area contributed by atoms with Crippen molar-refractivity contribution >= 4 is 5.78 Å². The van der Waals surface area contributed by atoms with Crippen LogP contribution in [0.15, 0.2) is 0 Å². The lowest BCUT2D eigenvalue weighted by molar-refractivity contribution is -0.155. The Kier molecular flexibility index (Phi) is 3.51. The third kappa shape index (κ3) is 1.80. The minimum atomic E-state index is 0.0355. The summed E-state index contributed by atoms with van der Waals surface area (Å²) in [6, 6.07) is 0. The van der Waals surface area contributed by atoms with Gasteiger partial charge in [-0.25, -0.2) is 0 Å². The zero-order valence-electron chi connectivity index (χ0n) is 14.9. The highest BCUT2D eigenvalue weighted by Gasteiger charge is 2.62. The molecule has 4 fully saturated rings. The molecule has 0 aromatic carbocycles. The van der Waals surface area contributed by atoms with Crippen LogP contribution in [0, 0.1) is 40.4 Å². The van der Waals surface area contributed by atoms with Crippen LogP contribution in [0.2, 0.25) is 0 Å². The molecule has 4 aliphatic rings. The summed E-state index contributed by atoms with van der Waals surface area (Å²) in [6.45, 7) is 7.22. The lowest BCUT2D eigenvalue weighted by atomic mass is 9.44. The van der Waals surface area contributed by atoms with Gasteiger partial charge >= 0.3 is 0 Å². The normalized spacial score (nSPS) is 54.5. The number of Topliss-reactive ketones (excluding diaryl/α,β-unsaturated/α-hetero) is 1. The van der Waals surface area contributed by atoms with E-state index in [1.54, 1.807) is 0 Å². The molecule has 0 amide bonds. The zero-order valence-corrected chi connectivity index (χ0v) is 14.9. The maximum absolute atomic E-state index is 13.2. The van der Waals surface area contributed by atoms with E-state index in [2.05, 4.69) is 20.8 Å². The first kappa shape index (κ1) is 15.2. The second-order valence-corrected chi connectivity index (χ2v) is 9.50. The van der Waals surface area contributed by atoms with Crippen LogP contribution in [0.5, 0.6) is 0 Å². The summed E-state index contributed by atoms with van der Waals surface area (Å²) in [4.78, 5) is 13.2. The van der Waals surface area contributed by atoms with E-state index < -0.39 is 0 Å². The standard InChI is InChI=1S/C21H34O/c1-4-14-9-11-17-16-10-8-15-7-5-6-12-20(15,2)18(16)13-19(22)21(14,17)3/h14-18H,4-13H2,1-3H3/t14-,15-,16-,17-,18-,20-,21+/m0/s1. The first-order chi connectivity index (χ1) is 10.5. The van der Waals surface area contributed by atoms with Gasteiger partial charge in [-0.3, -0.25) is 4.79 Å². The van der Waals surface area contributed by atoms with Gasteiger partial charge < -0.3 is 0 Å². The number of fused-ring (bicyclic) bond motifs is 5. The first-order valence-corrected chi connectivity index (χ1v) is 10.0. The minimum absolute atomic E-state index is 0.0355. The lowest BCUT2D eigenvalue weighted by Gasteiger charge is -2.59. The third-order valence-corrected chi connectivity index (χ3v) is 9.12. The fraction of sp³-hybridized carbons (Fsp3) is 0.952. The molecule has 4 rings (SSSR count). The summed E-state index contributed by atoms with van der Waals surface area (Å²) in [6.07, 6.45) is 13.3. The molecule has 7 atom stereocenters. The molecular weight excluding hydrogens is 268 g/mol. The lowest BCUT2D eigenvalue weighted by Crippen LogP contribution is -2.56. The van der Waals surface area contributed by atoms with Gasteiger partial charge in [0.15, 0.2) is 0 Å². The van der Waals surface area contributed by atoms with E-state index in [0.717, 1.165) is 18.3 Å². The Hall–Kier alpha value is -0.330. The van der Waals surface area contributed by atoms with Crippen LogP contribution in [0.1, 0.15) is 85.0 Å². The molecule has 0 spiro atoms. The topological polar surface area (TPSA) is 17.1 Å². The maximum atomic E-state index is 13.2. The summed E-state index contributed by atoms with van der Waals surface area (Å²) >= 11 is 0. The Bertz CT molecular complexity index is 469. The monoisotopic (exact) mass is 302 g/mol. The number of ketones is 1. The van der Waals surface area contributed by atoms with Crippen molar-refractivity contribution < 1.29 is 4.79 Å². The molecule has 0 saturated heterocycles. The molecule has 0 aromatic heterocycles. The summed E-state index contributed by atoms with van der Waals surface area (Å²) < 4.78 is 0. The molecule has 124 valence electrons. The van der Waals surface area contributed by atoms with E-state index in [-0.39, 0.29) is 5.41 Å². The third-order valence-electron chi connectivity index (χ3n) is 9.12. The number of rotatable bonds is 1. The quantitative estimate of drug-likeness (QED) is 0.614. The smallest absolute Gasteiger partial charge is 0.139 e. The molecule has 4 saturated carbocycles. The highest BCUT2D eigenvalue weighted by Crippen LogP contribution is 2.66. The van der Waals surface area contributed by atoms with Crippen molar-refractivity contribution in [3.05, 3.63) is 0 Å². The van der Waals surface area contributed by atoms with E-state index in [4.69, 9.17) is 0 Å². The zero-order chi connectivity index (χ0) is 15.5. The highest BCUT2D eigenvalue weighted by atomic mass is 16.1. The minimum Gasteiger partial charge on any atom is -0.299 e. The fourth-order valence-electron chi connectivity index (χ4n) is 7.77. The van der Waals surface area contributed by atoms with Gasteiger partial charge in [0.2, 0.25) is 0 Å². The van der Waals surface area contributed by atoms with Gasteiger partial charge in [0.05, 0.1) is 0 Å². The van der Waals surface area contributed by atoms with Gasteiger partial charge in [-0.15, -0.1) is 0 Å². The second-order valence-electron chi connectivity index (χ2n) is 9.50. The van der Waals surface area contributed by atoms with Crippen LogP contribution < -0.4 is 0 Å². The molecule has 1 nitrogen and oxygen atoms in total. The maximum Gasteiger partial charge on any atom is 0.139 e. The van der Waals surface area contributed by atoms with Crippen molar-refractivity contribution in [2.75, 3.05) is 0 Å². The molecule has 0 bridgehead atoms. The van der Waals surface area contributed by atoms with Crippen LogP contribution in [0.4, 0.5) is 0 Å².